The Bertz CT molecular complexity index is 962. The van der Waals surface area contributed by atoms with E-state index in [9.17, 15) is 13.2 Å². The highest BCUT2D eigenvalue weighted by Gasteiger charge is 2.30. The van der Waals surface area contributed by atoms with E-state index < -0.39 is 22.0 Å². The van der Waals surface area contributed by atoms with E-state index in [0.29, 0.717) is 16.3 Å². The number of amides is 1. The first-order chi connectivity index (χ1) is 14.1. The number of anilines is 1. The van der Waals surface area contributed by atoms with Crippen LogP contribution in [0.15, 0.2) is 42.5 Å². The van der Waals surface area contributed by atoms with E-state index in [4.69, 9.17) is 16.3 Å². The molecule has 0 aromatic heterocycles. The lowest BCUT2D eigenvalue weighted by Crippen LogP contribution is -2.48. The van der Waals surface area contributed by atoms with Gasteiger partial charge in [-0.1, -0.05) is 43.1 Å². The van der Waals surface area contributed by atoms with Crippen molar-refractivity contribution in [3.05, 3.63) is 58.6 Å². The van der Waals surface area contributed by atoms with Crippen LogP contribution in [0.3, 0.4) is 0 Å². The number of nitrogens with zero attached hydrogens (tertiary/aromatic N) is 1. The molecule has 30 heavy (non-hydrogen) atoms. The molecule has 2 rings (SSSR count). The van der Waals surface area contributed by atoms with Gasteiger partial charge in [0.05, 0.1) is 18.5 Å². The van der Waals surface area contributed by atoms with E-state index in [1.165, 1.54) is 5.56 Å². The Morgan fingerprint density at radius 1 is 1.20 bits per heavy atom. The summed E-state index contributed by atoms with van der Waals surface area (Å²) in [6, 6.07) is 11.9. The molecular weight excluding hydrogens is 424 g/mol. The summed E-state index contributed by atoms with van der Waals surface area (Å²) in [5, 5.41) is 3.14. The molecule has 0 saturated carbocycles. The topological polar surface area (TPSA) is 75.7 Å². The summed E-state index contributed by atoms with van der Waals surface area (Å²) in [6.45, 7) is 5.98. The van der Waals surface area contributed by atoms with Crippen LogP contribution in [0, 0.1) is 6.92 Å². The van der Waals surface area contributed by atoms with Gasteiger partial charge in [-0.2, -0.15) is 0 Å². The molecule has 2 aromatic carbocycles. The van der Waals surface area contributed by atoms with Crippen LogP contribution in [0.1, 0.15) is 31.4 Å². The lowest BCUT2D eigenvalue weighted by atomic mass is 10.1. The fourth-order valence-electron chi connectivity index (χ4n) is 3.13. The van der Waals surface area contributed by atoms with E-state index in [-0.39, 0.29) is 13.2 Å². The predicted octanol–water partition coefficient (Wildman–Crippen LogP) is 3.95. The molecule has 1 atom stereocenters. The number of rotatable bonds is 10. The Kier molecular flexibility index (Phi) is 8.55. The molecule has 2 aromatic rings. The van der Waals surface area contributed by atoms with Crippen LogP contribution in [0.2, 0.25) is 5.02 Å². The first-order valence-corrected chi connectivity index (χ1v) is 12.1. The summed E-state index contributed by atoms with van der Waals surface area (Å²) in [5.74, 6) is 0.311. The second-order valence-corrected chi connectivity index (χ2v) is 9.49. The number of ether oxygens (including phenoxy) is 1. The molecule has 0 saturated heterocycles. The zero-order valence-electron chi connectivity index (χ0n) is 17.8. The van der Waals surface area contributed by atoms with Crippen LogP contribution < -0.4 is 14.4 Å². The fraction of sp³-hybridized carbons (Fsp3) is 0.409. The summed E-state index contributed by atoms with van der Waals surface area (Å²) >= 11 is 6.04. The minimum absolute atomic E-state index is 0.256. The van der Waals surface area contributed by atoms with Crippen molar-refractivity contribution in [3.8, 4) is 5.75 Å². The first-order valence-electron chi connectivity index (χ1n) is 9.88. The van der Waals surface area contributed by atoms with Crippen molar-refractivity contribution in [3.63, 3.8) is 0 Å². The third-order valence-corrected chi connectivity index (χ3v) is 6.09. The van der Waals surface area contributed by atoms with E-state index in [2.05, 4.69) is 12.2 Å². The van der Waals surface area contributed by atoms with Crippen molar-refractivity contribution < 1.29 is 17.9 Å². The molecule has 0 fully saturated rings. The van der Waals surface area contributed by atoms with Gasteiger partial charge in [-0.3, -0.25) is 9.10 Å². The summed E-state index contributed by atoms with van der Waals surface area (Å²) in [6.07, 6.45) is 3.18. The van der Waals surface area contributed by atoms with Gasteiger partial charge < -0.3 is 10.1 Å². The maximum atomic E-state index is 12.6. The lowest BCUT2D eigenvalue weighted by molar-refractivity contribution is -0.121. The highest BCUT2D eigenvalue weighted by molar-refractivity contribution is 7.92. The van der Waals surface area contributed by atoms with Crippen molar-refractivity contribution in [2.24, 2.45) is 0 Å². The fourth-order valence-corrected chi connectivity index (χ4v) is 4.52. The lowest BCUT2D eigenvalue weighted by Gasteiger charge is -2.29. The largest absolute Gasteiger partial charge is 0.492 e. The van der Waals surface area contributed by atoms with Crippen molar-refractivity contribution in [2.45, 2.75) is 39.7 Å². The Labute approximate surface area is 184 Å². The van der Waals surface area contributed by atoms with Gasteiger partial charge in [0, 0.05) is 5.02 Å². The smallest absolute Gasteiger partial charge is 0.243 e. The van der Waals surface area contributed by atoms with Crippen molar-refractivity contribution in [1.29, 1.82) is 0 Å². The second-order valence-electron chi connectivity index (χ2n) is 7.20. The highest BCUT2D eigenvalue weighted by Crippen LogP contribution is 2.28. The van der Waals surface area contributed by atoms with E-state index in [1.54, 1.807) is 32.0 Å². The van der Waals surface area contributed by atoms with E-state index >= 15 is 0 Å². The summed E-state index contributed by atoms with van der Waals surface area (Å²) < 4.78 is 31.6. The Balaban J connectivity index is 1.98. The number of nitrogens with one attached hydrogen (secondary N) is 1. The van der Waals surface area contributed by atoms with Crippen LogP contribution in [0.5, 0.6) is 5.75 Å². The van der Waals surface area contributed by atoms with E-state index in [1.807, 2.05) is 24.3 Å². The van der Waals surface area contributed by atoms with Crippen LogP contribution in [0.4, 0.5) is 5.69 Å². The molecule has 0 radical (unpaired) electrons. The van der Waals surface area contributed by atoms with Gasteiger partial charge >= 0.3 is 0 Å². The monoisotopic (exact) mass is 452 g/mol. The molecule has 1 amide bonds. The zero-order valence-corrected chi connectivity index (χ0v) is 19.4. The van der Waals surface area contributed by atoms with Crippen molar-refractivity contribution >= 4 is 33.2 Å². The van der Waals surface area contributed by atoms with Crippen LogP contribution in [0.25, 0.3) is 0 Å². The molecule has 0 aliphatic heterocycles. The van der Waals surface area contributed by atoms with Crippen LogP contribution >= 0.6 is 11.6 Å². The zero-order chi connectivity index (χ0) is 22.3. The third-order valence-electron chi connectivity index (χ3n) is 4.63. The molecule has 0 heterocycles. The predicted molar refractivity (Wildman–Crippen MR) is 122 cm³/mol. The summed E-state index contributed by atoms with van der Waals surface area (Å²) in [7, 11) is -3.70. The number of sulfonamides is 1. The number of carbonyl (C=O) groups is 1. The molecule has 8 heteroatoms. The number of aryl methyl sites for hydroxylation is 2. The van der Waals surface area contributed by atoms with Crippen molar-refractivity contribution in [2.75, 3.05) is 23.7 Å². The molecule has 0 bridgehead atoms. The minimum Gasteiger partial charge on any atom is -0.492 e. The molecule has 0 aliphatic carbocycles. The molecule has 1 N–H and O–H groups in total. The van der Waals surface area contributed by atoms with Crippen LogP contribution in [-0.2, 0) is 21.2 Å². The maximum absolute atomic E-state index is 12.6. The van der Waals surface area contributed by atoms with Gasteiger partial charge in [-0.15, -0.1) is 0 Å². The second kappa shape index (κ2) is 10.7. The highest BCUT2D eigenvalue weighted by atomic mass is 35.5. The molecule has 0 aliphatic rings. The first kappa shape index (κ1) is 24.0. The Morgan fingerprint density at radius 3 is 2.47 bits per heavy atom. The van der Waals surface area contributed by atoms with Crippen LogP contribution in [-0.4, -0.2) is 39.8 Å². The molecule has 0 unspecified atom stereocenters. The average Bonchev–Trinajstić information content (AvgIpc) is 2.68. The minimum atomic E-state index is -3.70. The third kappa shape index (κ3) is 6.64. The van der Waals surface area contributed by atoms with Gasteiger partial charge in [0.2, 0.25) is 15.9 Å². The molecular formula is C22H29ClN2O4S. The van der Waals surface area contributed by atoms with Gasteiger partial charge in [0.15, 0.2) is 0 Å². The SMILES string of the molecule is CCCc1ccc(OCCNC(=O)[C@@H](C)N(c2cc(Cl)ccc2C)S(C)(=O)=O)cc1. The number of benzene rings is 2. The summed E-state index contributed by atoms with van der Waals surface area (Å²) in [5.41, 5.74) is 2.35. The van der Waals surface area contributed by atoms with Crippen molar-refractivity contribution in [1.82, 2.24) is 5.32 Å². The summed E-state index contributed by atoms with van der Waals surface area (Å²) in [4.78, 5) is 12.6. The average molecular weight is 453 g/mol. The van der Waals surface area contributed by atoms with Gasteiger partial charge in [-0.05, 0) is 55.7 Å². The van der Waals surface area contributed by atoms with Gasteiger partial charge in [0.25, 0.3) is 0 Å². The van der Waals surface area contributed by atoms with E-state index in [0.717, 1.165) is 29.2 Å². The molecule has 6 nitrogen and oxygen atoms in total. The Hall–Kier alpha value is -2.25. The van der Waals surface area contributed by atoms with Gasteiger partial charge in [-0.25, -0.2) is 8.42 Å². The number of hydrogen-bond acceptors (Lipinski definition) is 4. The number of carbonyl (C=O) groups excluding carboxylic acids is 1. The maximum Gasteiger partial charge on any atom is 0.243 e. The molecule has 0 spiro atoms. The standard InChI is InChI=1S/C22H29ClN2O4S/c1-5-6-18-8-11-20(12-9-18)29-14-13-24-22(26)17(3)25(30(4,27)28)21-15-19(23)10-7-16(21)2/h7-12,15,17H,5-6,13-14H2,1-4H3,(H,24,26)/t17-/m1/s1. The molecule has 164 valence electrons. The normalized spacial score (nSPS) is 12.3. The quantitative estimate of drug-likeness (QED) is 0.554. The Morgan fingerprint density at radius 2 is 1.87 bits per heavy atom. The number of hydrogen-bond donors (Lipinski definition) is 1. The van der Waals surface area contributed by atoms with Gasteiger partial charge in [0.1, 0.15) is 18.4 Å². The number of halogens is 1.